The molecule has 2 heterocycles. The van der Waals surface area contributed by atoms with E-state index >= 15 is 0 Å². The van der Waals surface area contributed by atoms with Crippen LogP contribution in [0.15, 0.2) is 11.1 Å². The second-order valence-electron chi connectivity index (χ2n) is 4.72. The molecular formula is C14H16N4O2S2. The maximum Gasteiger partial charge on any atom is 0.236 e. The van der Waals surface area contributed by atoms with Crippen molar-refractivity contribution in [2.45, 2.75) is 32.7 Å². The molecule has 8 heteroatoms. The van der Waals surface area contributed by atoms with Crippen LogP contribution in [0.3, 0.4) is 0 Å². The van der Waals surface area contributed by atoms with Crippen molar-refractivity contribution in [2.24, 2.45) is 0 Å². The van der Waals surface area contributed by atoms with Crippen molar-refractivity contribution in [3.8, 4) is 0 Å². The summed E-state index contributed by atoms with van der Waals surface area (Å²) < 4.78 is 0. The molecule has 0 saturated heterocycles. The summed E-state index contributed by atoms with van der Waals surface area (Å²) >= 11 is 2.54. The quantitative estimate of drug-likeness (QED) is 0.513. The number of hydrogen-bond donors (Lipinski definition) is 1. The van der Waals surface area contributed by atoms with Gasteiger partial charge >= 0.3 is 0 Å². The van der Waals surface area contributed by atoms with Crippen LogP contribution in [0.25, 0.3) is 0 Å². The van der Waals surface area contributed by atoms with Crippen molar-refractivity contribution in [2.75, 3.05) is 11.1 Å². The van der Waals surface area contributed by atoms with Crippen molar-refractivity contribution in [1.82, 2.24) is 15.0 Å². The monoisotopic (exact) mass is 336 g/mol. The zero-order valence-electron chi connectivity index (χ0n) is 12.8. The lowest BCUT2D eigenvalue weighted by Crippen LogP contribution is -2.14. The second-order valence-corrected chi connectivity index (χ2v) is 6.72. The van der Waals surface area contributed by atoms with Crippen LogP contribution in [0, 0.1) is 20.8 Å². The molecule has 0 radical (unpaired) electrons. The summed E-state index contributed by atoms with van der Waals surface area (Å²) in [6.07, 6.45) is 0. The highest BCUT2D eigenvalue weighted by molar-refractivity contribution is 7.99. The summed E-state index contributed by atoms with van der Waals surface area (Å²) in [5.74, 6) is 0.688. The van der Waals surface area contributed by atoms with E-state index < -0.39 is 0 Å². The van der Waals surface area contributed by atoms with Gasteiger partial charge in [-0.2, -0.15) is 0 Å². The number of carbonyl (C=O) groups is 2. The minimum Gasteiger partial charge on any atom is -0.301 e. The minimum absolute atomic E-state index is 0.0446. The van der Waals surface area contributed by atoms with E-state index in [1.165, 1.54) is 30.0 Å². The third-order valence-electron chi connectivity index (χ3n) is 2.66. The van der Waals surface area contributed by atoms with Crippen LogP contribution in [0.2, 0.25) is 0 Å². The number of aryl methyl sites for hydroxylation is 3. The van der Waals surface area contributed by atoms with Crippen molar-refractivity contribution >= 4 is 39.9 Å². The maximum absolute atomic E-state index is 12.0. The largest absolute Gasteiger partial charge is 0.301 e. The molecule has 0 aliphatic carbocycles. The number of thioether (sulfide) groups is 1. The van der Waals surface area contributed by atoms with Gasteiger partial charge in [0, 0.05) is 12.6 Å². The summed E-state index contributed by atoms with van der Waals surface area (Å²) in [5.41, 5.74) is 1.51. The molecule has 22 heavy (non-hydrogen) atoms. The van der Waals surface area contributed by atoms with Crippen LogP contribution >= 0.6 is 23.1 Å². The number of thiazole rings is 1. The van der Waals surface area contributed by atoms with Gasteiger partial charge in [-0.1, -0.05) is 23.1 Å². The zero-order valence-corrected chi connectivity index (χ0v) is 14.4. The predicted molar refractivity (Wildman–Crippen MR) is 87.7 cm³/mol. The molecule has 2 aromatic heterocycles. The molecule has 0 fully saturated rings. The summed E-state index contributed by atoms with van der Waals surface area (Å²) in [4.78, 5) is 36.6. The molecule has 0 aliphatic heterocycles. The van der Waals surface area contributed by atoms with E-state index in [0.717, 1.165) is 10.7 Å². The van der Waals surface area contributed by atoms with Gasteiger partial charge in [-0.15, -0.1) is 0 Å². The molecule has 1 N–H and O–H groups in total. The maximum atomic E-state index is 12.0. The summed E-state index contributed by atoms with van der Waals surface area (Å²) in [6.45, 7) is 6.95. The molecular weight excluding hydrogens is 320 g/mol. The highest BCUT2D eigenvalue weighted by Gasteiger charge is 2.13. The first-order valence-corrected chi connectivity index (χ1v) is 8.38. The fraction of sp³-hybridized carbons (Fsp3) is 0.357. The Hall–Kier alpha value is -1.80. The fourth-order valence-electron chi connectivity index (χ4n) is 1.83. The second kappa shape index (κ2) is 6.97. The Kier molecular flexibility index (Phi) is 5.25. The van der Waals surface area contributed by atoms with Crippen molar-refractivity contribution < 1.29 is 9.59 Å². The van der Waals surface area contributed by atoms with Crippen molar-refractivity contribution in [3.05, 3.63) is 28.2 Å². The zero-order chi connectivity index (χ0) is 16.3. The van der Waals surface area contributed by atoms with E-state index in [9.17, 15) is 9.59 Å². The SMILES string of the molecule is CC(=O)c1sc(NC(=O)CSc2cc(C)nc(C)n2)nc1C. The van der Waals surface area contributed by atoms with Crippen LogP contribution in [-0.4, -0.2) is 32.4 Å². The standard InChI is InChI=1S/C14H16N4O2S2/c1-7-5-12(17-10(4)15-7)21-6-11(20)18-14-16-8(2)13(22-14)9(3)19/h5H,6H2,1-4H3,(H,16,18,20). The van der Waals surface area contributed by atoms with Crippen LogP contribution in [0.1, 0.15) is 33.8 Å². The van der Waals surface area contributed by atoms with E-state index in [-0.39, 0.29) is 17.4 Å². The average Bonchev–Trinajstić information content (AvgIpc) is 2.76. The van der Waals surface area contributed by atoms with Gasteiger partial charge in [-0.3, -0.25) is 9.59 Å². The number of nitrogens with zero attached hydrogens (tertiary/aromatic N) is 3. The van der Waals surface area contributed by atoms with E-state index in [1.54, 1.807) is 6.92 Å². The Bertz CT molecular complexity index is 707. The average molecular weight is 336 g/mol. The molecule has 6 nitrogen and oxygen atoms in total. The number of aromatic nitrogens is 3. The third kappa shape index (κ3) is 4.35. The van der Waals surface area contributed by atoms with Crippen molar-refractivity contribution in [3.63, 3.8) is 0 Å². The molecule has 0 aromatic carbocycles. The lowest BCUT2D eigenvalue weighted by molar-refractivity contribution is -0.113. The van der Waals surface area contributed by atoms with E-state index in [4.69, 9.17) is 0 Å². The smallest absolute Gasteiger partial charge is 0.236 e. The predicted octanol–water partition coefficient (Wildman–Crippen LogP) is 2.79. The molecule has 0 bridgehead atoms. The van der Waals surface area contributed by atoms with Gasteiger partial charge < -0.3 is 5.32 Å². The van der Waals surface area contributed by atoms with Gasteiger partial charge in [0.1, 0.15) is 10.9 Å². The number of hydrogen-bond acceptors (Lipinski definition) is 7. The Morgan fingerprint density at radius 3 is 2.55 bits per heavy atom. The first kappa shape index (κ1) is 16.6. The third-order valence-corrected chi connectivity index (χ3v) is 4.74. The topological polar surface area (TPSA) is 84.8 Å². The molecule has 0 spiro atoms. The van der Waals surface area contributed by atoms with Gasteiger partial charge in [0.05, 0.1) is 16.3 Å². The summed E-state index contributed by atoms with van der Waals surface area (Å²) in [6, 6.07) is 1.84. The summed E-state index contributed by atoms with van der Waals surface area (Å²) in [7, 11) is 0. The van der Waals surface area contributed by atoms with Gasteiger partial charge in [0.2, 0.25) is 5.91 Å². The molecule has 0 saturated carbocycles. The van der Waals surface area contributed by atoms with Crippen LogP contribution in [0.4, 0.5) is 5.13 Å². The lowest BCUT2D eigenvalue weighted by atomic mass is 10.3. The first-order chi connectivity index (χ1) is 10.3. The number of amides is 1. The summed E-state index contributed by atoms with van der Waals surface area (Å²) in [5, 5.41) is 3.92. The van der Waals surface area contributed by atoms with Gasteiger partial charge in [0.15, 0.2) is 10.9 Å². The number of carbonyl (C=O) groups excluding carboxylic acids is 2. The lowest BCUT2D eigenvalue weighted by Gasteiger charge is -2.03. The molecule has 116 valence electrons. The fourth-order valence-corrected chi connectivity index (χ4v) is 3.51. The van der Waals surface area contributed by atoms with Crippen LogP contribution < -0.4 is 5.32 Å². The Labute approximate surface area is 136 Å². The molecule has 0 aliphatic rings. The van der Waals surface area contributed by atoms with E-state index in [0.29, 0.717) is 21.5 Å². The van der Waals surface area contributed by atoms with Crippen LogP contribution in [-0.2, 0) is 4.79 Å². The van der Waals surface area contributed by atoms with E-state index in [1.807, 2.05) is 19.9 Å². The Morgan fingerprint density at radius 2 is 1.95 bits per heavy atom. The number of Topliss-reactive ketones (excluding diaryl/α,β-unsaturated/α-hetero) is 1. The minimum atomic E-state index is -0.178. The van der Waals surface area contributed by atoms with Gasteiger partial charge in [0.25, 0.3) is 0 Å². The van der Waals surface area contributed by atoms with Gasteiger partial charge in [-0.05, 0) is 26.8 Å². The Balaban J connectivity index is 1.95. The highest BCUT2D eigenvalue weighted by Crippen LogP contribution is 2.23. The molecule has 2 rings (SSSR count). The molecule has 2 aromatic rings. The molecule has 0 unspecified atom stereocenters. The number of anilines is 1. The normalized spacial score (nSPS) is 10.5. The first-order valence-electron chi connectivity index (χ1n) is 6.58. The number of rotatable bonds is 5. The Morgan fingerprint density at radius 1 is 1.23 bits per heavy atom. The molecule has 0 atom stereocenters. The molecule has 1 amide bonds. The van der Waals surface area contributed by atoms with Crippen molar-refractivity contribution in [1.29, 1.82) is 0 Å². The van der Waals surface area contributed by atoms with Crippen LogP contribution in [0.5, 0.6) is 0 Å². The number of ketones is 1. The van der Waals surface area contributed by atoms with Gasteiger partial charge in [-0.25, -0.2) is 15.0 Å². The number of nitrogens with one attached hydrogen (secondary N) is 1. The van der Waals surface area contributed by atoms with E-state index in [2.05, 4.69) is 20.3 Å². The highest BCUT2D eigenvalue weighted by atomic mass is 32.2.